The van der Waals surface area contributed by atoms with Gasteiger partial charge in [-0.2, -0.15) is 0 Å². The van der Waals surface area contributed by atoms with Gasteiger partial charge in [-0.15, -0.1) is 0 Å². The van der Waals surface area contributed by atoms with Crippen molar-refractivity contribution < 1.29 is 8.78 Å². The molecule has 0 aliphatic carbocycles. The van der Waals surface area contributed by atoms with Crippen molar-refractivity contribution in [3.8, 4) is 0 Å². The molecule has 0 bridgehead atoms. The average molecular weight is 306 g/mol. The lowest BCUT2D eigenvalue weighted by atomic mass is 10.1. The van der Waals surface area contributed by atoms with Gasteiger partial charge < -0.3 is 10.6 Å². The number of anilines is 1. The summed E-state index contributed by atoms with van der Waals surface area (Å²) in [5, 5.41) is 6.39. The molecule has 0 heterocycles. The van der Waals surface area contributed by atoms with E-state index in [0.29, 0.717) is 22.9 Å². The van der Waals surface area contributed by atoms with Crippen LogP contribution >= 0.6 is 12.2 Å². The van der Waals surface area contributed by atoms with Crippen molar-refractivity contribution in [1.82, 2.24) is 5.32 Å². The lowest BCUT2D eigenvalue weighted by Crippen LogP contribution is -2.30. The largest absolute Gasteiger partial charge is 0.362 e. The first-order valence-corrected chi connectivity index (χ1v) is 7.01. The van der Waals surface area contributed by atoms with Crippen LogP contribution in [0, 0.1) is 18.6 Å². The third kappa shape index (κ3) is 4.79. The Kier molecular flexibility index (Phi) is 5.22. The van der Waals surface area contributed by atoms with Gasteiger partial charge in [-0.3, -0.25) is 0 Å². The van der Waals surface area contributed by atoms with E-state index in [4.69, 9.17) is 12.2 Å². The SMILES string of the molecule is Cc1ccc(NC(=S)NCCc2ccc(F)cc2)cc1F. The molecule has 110 valence electrons. The number of nitrogens with one attached hydrogen (secondary N) is 2. The number of rotatable bonds is 4. The van der Waals surface area contributed by atoms with E-state index < -0.39 is 0 Å². The van der Waals surface area contributed by atoms with Gasteiger partial charge in [0.25, 0.3) is 0 Å². The summed E-state index contributed by atoms with van der Waals surface area (Å²) < 4.78 is 26.2. The van der Waals surface area contributed by atoms with Crippen LogP contribution in [-0.2, 0) is 6.42 Å². The zero-order valence-corrected chi connectivity index (χ0v) is 12.4. The van der Waals surface area contributed by atoms with Gasteiger partial charge in [-0.05, 0) is 61.0 Å². The highest BCUT2D eigenvalue weighted by molar-refractivity contribution is 7.80. The van der Waals surface area contributed by atoms with Gasteiger partial charge in [0.1, 0.15) is 11.6 Å². The van der Waals surface area contributed by atoms with Crippen LogP contribution in [0.25, 0.3) is 0 Å². The summed E-state index contributed by atoms with van der Waals surface area (Å²) in [5.74, 6) is -0.514. The van der Waals surface area contributed by atoms with E-state index in [2.05, 4.69) is 10.6 Å². The maximum absolute atomic E-state index is 13.4. The van der Waals surface area contributed by atoms with E-state index in [1.807, 2.05) is 0 Å². The van der Waals surface area contributed by atoms with E-state index in [0.717, 1.165) is 12.0 Å². The number of benzene rings is 2. The van der Waals surface area contributed by atoms with Crippen LogP contribution in [0.4, 0.5) is 14.5 Å². The van der Waals surface area contributed by atoms with Gasteiger partial charge in [0.05, 0.1) is 0 Å². The monoisotopic (exact) mass is 306 g/mol. The zero-order chi connectivity index (χ0) is 15.2. The Morgan fingerprint density at radius 1 is 1.10 bits per heavy atom. The van der Waals surface area contributed by atoms with E-state index in [1.165, 1.54) is 18.2 Å². The molecule has 5 heteroatoms. The molecule has 0 aliphatic rings. The van der Waals surface area contributed by atoms with Crippen LogP contribution < -0.4 is 10.6 Å². The van der Waals surface area contributed by atoms with Crippen LogP contribution in [-0.4, -0.2) is 11.7 Å². The molecule has 0 fully saturated rings. The molecule has 0 unspecified atom stereocenters. The van der Waals surface area contributed by atoms with Crippen molar-refractivity contribution in [2.45, 2.75) is 13.3 Å². The fraction of sp³-hybridized carbons (Fsp3) is 0.188. The Hall–Kier alpha value is -2.01. The Morgan fingerprint density at radius 3 is 2.48 bits per heavy atom. The first-order chi connectivity index (χ1) is 10.0. The Morgan fingerprint density at radius 2 is 1.81 bits per heavy atom. The zero-order valence-electron chi connectivity index (χ0n) is 11.6. The minimum Gasteiger partial charge on any atom is -0.362 e. The molecule has 2 aromatic carbocycles. The van der Waals surface area contributed by atoms with Gasteiger partial charge in [-0.1, -0.05) is 18.2 Å². The van der Waals surface area contributed by atoms with Crippen molar-refractivity contribution in [1.29, 1.82) is 0 Å². The second-order valence-electron chi connectivity index (χ2n) is 4.72. The van der Waals surface area contributed by atoms with E-state index in [9.17, 15) is 8.78 Å². The molecule has 21 heavy (non-hydrogen) atoms. The topological polar surface area (TPSA) is 24.1 Å². The van der Waals surface area contributed by atoms with E-state index in [1.54, 1.807) is 31.2 Å². The molecule has 0 spiro atoms. The Labute approximate surface area is 128 Å². The van der Waals surface area contributed by atoms with Crippen molar-refractivity contribution in [3.05, 3.63) is 65.2 Å². The van der Waals surface area contributed by atoms with Crippen LogP contribution in [0.3, 0.4) is 0 Å². The van der Waals surface area contributed by atoms with Crippen molar-refractivity contribution in [3.63, 3.8) is 0 Å². The summed E-state index contributed by atoms with van der Waals surface area (Å²) in [4.78, 5) is 0. The second-order valence-corrected chi connectivity index (χ2v) is 5.13. The van der Waals surface area contributed by atoms with E-state index in [-0.39, 0.29) is 11.6 Å². The standard InChI is InChI=1S/C16H16F2N2S/c1-11-2-7-14(10-15(11)18)20-16(21)19-9-8-12-3-5-13(17)6-4-12/h2-7,10H,8-9H2,1H3,(H2,19,20,21). The van der Waals surface area contributed by atoms with Gasteiger partial charge in [-0.25, -0.2) is 8.78 Å². The fourth-order valence-corrected chi connectivity index (χ4v) is 2.04. The summed E-state index contributed by atoms with van der Waals surface area (Å²) in [6, 6.07) is 11.2. The van der Waals surface area contributed by atoms with Gasteiger partial charge in [0.15, 0.2) is 5.11 Å². The molecular formula is C16H16F2N2S. The summed E-state index contributed by atoms with van der Waals surface area (Å²) in [6.07, 6.45) is 0.727. The molecule has 0 aromatic heterocycles. The highest BCUT2D eigenvalue weighted by Gasteiger charge is 2.01. The van der Waals surface area contributed by atoms with E-state index >= 15 is 0 Å². The lowest BCUT2D eigenvalue weighted by Gasteiger charge is -2.11. The molecule has 0 atom stereocenters. The predicted octanol–water partition coefficient (Wildman–Crippen LogP) is 3.80. The lowest BCUT2D eigenvalue weighted by molar-refractivity contribution is 0.619. The third-order valence-electron chi connectivity index (χ3n) is 3.04. The molecule has 2 rings (SSSR count). The number of thiocarbonyl (C=S) groups is 1. The average Bonchev–Trinajstić information content (AvgIpc) is 2.45. The molecule has 0 radical (unpaired) electrons. The number of hydrogen-bond donors (Lipinski definition) is 2. The molecule has 0 amide bonds. The van der Waals surface area contributed by atoms with Crippen molar-refractivity contribution in [2.24, 2.45) is 0 Å². The normalized spacial score (nSPS) is 10.2. The van der Waals surface area contributed by atoms with Crippen molar-refractivity contribution >= 4 is 23.0 Å². The van der Waals surface area contributed by atoms with Crippen molar-refractivity contribution in [2.75, 3.05) is 11.9 Å². The quantitative estimate of drug-likeness (QED) is 0.840. The molecule has 2 aromatic rings. The minimum atomic E-state index is -0.269. The van der Waals surface area contributed by atoms with Crippen LogP contribution in [0.2, 0.25) is 0 Å². The number of hydrogen-bond acceptors (Lipinski definition) is 1. The Balaban J connectivity index is 1.79. The highest BCUT2D eigenvalue weighted by atomic mass is 32.1. The van der Waals surface area contributed by atoms with Crippen LogP contribution in [0.5, 0.6) is 0 Å². The van der Waals surface area contributed by atoms with Crippen LogP contribution in [0.1, 0.15) is 11.1 Å². The highest BCUT2D eigenvalue weighted by Crippen LogP contribution is 2.13. The summed E-state index contributed by atoms with van der Waals surface area (Å²) in [7, 11) is 0. The molecule has 0 saturated heterocycles. The Bertz CT molecular complexity index is 627. The molecule has 2 N–H and O–H groups in total. The number of aryl methyl sites for hydroxylation is 1. The second kappa shape index (κ2) is 7.13. The number of halogens is 2. The molecule has 2 nitrogen and oxygen atoms in total. The molecule has 0 saturated carbocycles. The minimum absolute atomic E-state index is 0.245. The maximum atomic E-state index is 13.4. The first kappa shape index (κ1) is 15.4. The van der Waals surface area contributed by atoms with Gasteiger partial charge in [0, 0.05) is 12.2 Å². The first-order valence-electron chi connectivity index (χ1n) is 6.60. The molecular weight excluding hydrogens is 290 g/mol. The van der Waals surface area contributed by atoms with Crippen LogP contribution in [0.15, 0.2) is 42.5 Å². The summed E-state index contributed by atoms with van der Waals surface area (Å²) in [5.41, 5.74) is 2.22. The maximum Gasteiger partial charge on any atom is 0.170 e. The van der Waals surface area contributed by atoms with Gasteiger partial charge in [0.2, 0.25) is 0 Å². The smallest absolute Gasteiger partial charge is 0.170 e. The third-order valence-corrected chi connectivity index (χ3v) is 3.29. The predicted molar refractivity (Wildman–Crippen MR) is 85.5 cm³/mol. The molecule has 0 aliphatic heterocycles. The summed E-state index contributed by atoms with van der Waals surface area (Å²) in [6.45, 7) is 2.32. The fourth-order valence-electron chi connectivity index (χ4n) is 1.82. The summed E-state index contributed by atoms with van der Waals surface area (Å²) >= 11 is 5.14. The van der Waals surface area contributed by atoms with Gasteiger partial charge >= 0.3 is 0 Å².